The van der Waals surface area contributed by atoms with Crippen molar-refractivity contribution < 1.29 is 23.1 Å². The van der Waals surface area contributed by atoms with E-state index in [0.717, 1.165) is 17.3 Å². The Bertz CT molecular complexity index is 540. The number of halogens is 4. The zero-order valence-corrected chi connectivity index (χ0v) is 10.1. The third kappa shape index (κ3) is 4.63. The van der Waals surface area contributed by atoms with Crippen molar-refractivity contribution >= 4 is 17.6 Å². The predicted molar refractivity (Wildman–Crippen MR) is 61.9 cm³/mol. The summed E-state index contributed by atoms with van der Waals surface area (Å²) >= 11 is 5.54. The molecule has 0 spiro atoms. The summed E-state index contributed by atoms with van der Waals surface area (Å²) in [5.74, 6) is -1.66. The lowest BCUT2D eigenvalue weighted by Gasteiger charge is -2.06. The standard InChI is InChI=1S/C6H5Cl.C5H3F3N2O2/c7-6-4-2-1-3-5-6;6-5(7,8)10-3(4(11)12)1-2-9-10/h1-5H;1-2H,(H,11,12). The van der Waals surface area contributed by atoms with Gasteiger partial charge in [-0.2, -0.15) is 9.78 Å². The van der Waals surface area contributed by atoms with E-state index >= 15 is 0 Å². The molecule has 102 valence electrons. The summed E-state index contributed by atoms with van der Waals surface area (Å²) in [6, 6.07) is 10.2. The number of benzene rings is 1. The quantitative estimate of drug-likeness (QED) is 0.876. The van der Waals surface area contributed by atoms with Crippen LogP contribution in [0.3, 0.4) is 0 Å². The van der Waals surface area contributed by atoms with Gasteiger partial charge in [-0.1, -0.05) is 29.8 Å². The molecule has 1 N–H and O–H groups in total. The van der Waals surface area contributed by atoms with Crippen molar-refractivity contribution in [3.63, 3.8) is 0 Å². The summed E-state index contributed by atoms with van der Waals surface area (Å²) in [5.41, 5.74) is -0.900. The Labute approximate surface area is 111 Å². The highest BCUT2D eigenvalue weighted by molar-refractivity contribution is 6.30. The summed E-state index contributed by atoms with van der Waals surface area (Å²) in [5, 5.41) is 11.9. The average molecular weight is 293 g/mol. The molecule has 8 heteroatoms. The Balaban J connectivity index is 0.000000218. The largest absolute Gasteiger partial charge is 0.505 e. The Hall–Kier alpha value is -2.02. The van der Waals surface area contributed by atoms with Gasteiger partial charge in [0.2, 0.25) is 0 Å². The molecule has 0 saturated heterocycles. The first kappa shape index (κ1) is 15.0. The van der Waals surface area contributed by atoms with Gasteiger partial charge in [0.25, 0.3) is 0 Å². The number of aromatic nitrogens is 2. The Morgan fingerprint density at radius 2 is 1.79 bits per heavy atom. The van der Waals surface area contributed by atoms with Crippen LogP contribution in [0.5, 0.6) is 0 Å². The van der Waals surface area contributed by atoms with Crippen LogP contribution in [-0.2, 0) is 6.30 Å². The van der Waals surface area contributed by atoms with E-state index in [0.29, 0.717) is 0 Å². The fourth-order valence-corrected chi connectivity index (χ4v) is 1.23. The Morgan fingerprint density at radius 1 is 1.21 bits per heavy atom. The van der Waals surface area contributed by atoms with Gasteiger partial charge in [0.15, 0.2) is 5.69 Å². The topological polar surface area (TPSA) is 55.1 Å². The van der Waals surface area contributed by atoms with E-state index in [1.807, 2.05) is 30.3 Å². The maximum Gasteiger partial charge on any atom is 0.505 e. The molecule has 1 heterocycles. The third-order valence-electron chi connectivity index (χ3n) is 1.84. The summed E-state index contributed by atoms with van der Waals surface area (Å²) in [6.45, 7) is 0. The predicted octanol–water partition coefficient (Wildman–Crippen LogP) is 3.40. The zero-order chi connectivity index (χ0) is 14.5. The number of carboxylic acid groups (broad SMARTS) is 1. The Kier molecular flexibility index (Phi) is 4.94. The average Bonchev–Trinajstić information content (AvgIpc) is 2.79. The summed E-state index contributed by atoms with van der Waals surface area (Å²) in [4.78, 5) is 10.2. The monoisotopic (exact) mass is 292 g/mol. The van der Waals surface area contributed by atoms with Gasteiger partial charge in [0.05, 0.1) is 6.20 Å². The van der Waals surface area contributed by atoms with Gasteiger partial charge in [-0.05, 0) is 18.2 Å². The zero-order valence-electron chi connectivity index (χ0n) is 9.30. The molecule has 0 amide bonds. The second-order valence-corrected chi connectivity index (χ2v) is 3.63. The number of carboxylic acids is 1. The minimum atomic E-state index is -4.78. The molecule has 0 fully saturated rings. The molecule has 19 heavy (non-hydrogen) atoms. The van der Waals surface area contributed by atoms with Crippen LogP contribution in [0, 0.1) is 0 Å². The van der Waals surface area contributed by atoms with E-state index in [2.05, 4.69) is 5.10 Å². The summed E-state index contributed by atoms with van der Waals surface area (Å²) in [6.07, 6.45) is -4.01. The van der Waals surface area contributed by atoms with Crippen molar-refractivity contribution in [2.75, 3.05) is 0 Å². The molecule has 0 aliphatic heterocycles. The number of carbonyl (C=O) groups is 1. The highest BCUT2D eigenvalue weighted by Crippen LogP contribution is 2.22. The van der Waals surface area contributed by atoms with Gasteiger partial charge in [-0.3, -0.25) is 0 Å². The fourth-order valence-electron chi connectivity index (χ4n) is 1.08. The van der Waals surface area contributed by atoms with E-state index in [1.165, 1.54) is 0 Å². The Morgan fingerprint density at radius 3 is 2.11 bits per heavy atom. The first-order valence-electron chi connectivity index (χ1n) is 4.87. The van der Waals surface area contributed by atoms with E-state index in [4.69, 9.17) is 16.7 Å². The second kappa shape index (κ2) is 6.24. The first-order chi connectivity index (χ1) is 8.82. The van der Waals surface area contributed by atoms with Gasteiger partial charge in [-0.25, -0.2) is 4.79 Å². The molecule has 0 aliphatic carbocycles. The van der Waals surface area contributed by atoms with E-state index in [9.17, 15) is 18.0 Å². The lowest BCUT2D eigenvalue weighted by Crippen LogP contribution is -2.22. The summed E-state index contributed by atoms with van der Waals surface area (Å²) in [7, 11) is 0. The second-order valence-electron chi connectivity index (χ2n) is 3.20. The molecule has 0 bridgehead atoms. The van der Waals surface area contributed by atoms with Gasteiger partial charge in [0, 0.05) is 5.02 Å². The summed E-state index contributed by atoms with van der Waals surface area (Å²) < 4.78 is 35.1. The van der Waals surface area contributed by atoms with Crippen LogP contribution >= 0.6 is 11.6 Å². The SMILES string of the molecule is Clc1ccccc1.O=C(O)c1ccnn1C(F)(F)F. The number of hydrogen-bond donors (Lipinski definition) is 1. The molecule has 0 aliphatic rings. The van der Waals surface area contributed by atoms with Crippen LogP contribution in [0.1, 0.15) is 10.5 Å². The number of hydrogen-bond acceptors (Lipinski definition) is 2. The fraction of sp³-hybridized carbons (Fsp3) is 0.0909. The number of aromatic carboxylic acids is 1. The molecular weight excluding hydrogens is 285 g/mol. The highest BCUT2D eigenvalue weighted by Gasteiger charge is 2.35. The lowest BCUT2D eigenvalue weighted by molar-refractivity contribution is -0.213. The molecule has 0 saturated carbocycles. The normalized spacial score (nSPS) is 10.5. The van der Waals surface area contributed by atoms with Crippen LogP contribution in [0.25, 0.3) is 0 Å². The molecule has 0 unspecified atom stereocenters. The van der Waals surface area contributed by atoms with E-state index in [-0.39, 0.29) is 0 Å². The van der Waals surface area contributed by atoms with Gasteiger partial charge < -0.3 is 5.11 Å². The number of rotatable bonds is 1. The molecular formula is C11H8ClF3N2O2. The molecule has 1 aromatic carbocycles. The van der Waals surface area contributed by atoms with E-state index in [1.54, 1.807) is 0 Å². The molecule has 1 aromatic heterocycles. The van der Waals surface area contributed by atoms with Crippen molar-refractivity contribution in [2.24, 2.45) is 0 Å². The van der Waals surface area contributed by atoms with Crippen LogP contribution in [0.2, 0.25) is 5.02 Å². The van der Waals surface area contributed by atoms with Crippen molar-refractivity contribution in [1.82, 2.24) is 9.78 Å². The van der Waals surface area contributed by atoms with Gasteiger partial charge in [-0.15, -0.1) is 13.2 Å². The first-order valence-corrected chi connectivity index (χ1v) is 5.25. The minimum Gasteiger partial charge on any atom is -0.477 e. The van der Waals surface area contributed by atoms with Crippen LogP contribution in [0.15, 0.2) is 42.6 Å². The third-order valence-corrected chi connectivity index (χ3v) is 2.09. The molecule has 0 atom stereocenters. The molecule has 2 rings (SSSR count). The van der Waals surface area contributed by atoms with Gasteiger partial charge >= 0.3 is 12.3 Å². The van der Waals surface area contributed by atoms with Crippen molar-refractivity contribution in [2.45, 2.75) is 6.30 Å². The highest BCUT2D eigenvalue weighted by atomic mass is 35.5. The van der Waals surface area contributed by atoms with Crippen molar-refractivity contribution in [3.8, 4) is 0 Å². The van der Waals surface area contributed by atoms with E-state index < -0.39 is 22.6 Å². The number of nitrogens with zero attached hydrogens (tertiary/aromatic N) is 2. The molecule has 4 nitrogen and oxygen atoms in total. The van der Waals surface area contributed by atoms with Crippen LogP contribution < -0.4 is 0 Å². The van der Waals surface area contributed by atoms with Crippen LogP contribution in [-0.4, -0.2) is 20.9 Å². The van der Waals surface area contributed by atoms with Crippen molar-refractivity contribution in [1.29, 1.82) is 0 Å². The number of alkyl halides is 3. The van der Waals surface area contributed by atoms with Crippen LogP contribution in [0.4, 0.5) is 13.2 Å². The lowest BCUT2D eigenvalue weighted by atomic mass is 10.4. The smallest absolute Gasteiger partial charge is 0.477 e. The molecule has 0 radical (unpaired) electrons. The van der Waals surface area contributed by atoms with Crippen molar-refractivity contribution in [3.05, 3.63) is 53.3 Å². The maximum absolute atomic E-state index is 11.9. The van der Waals surface area contributed by atoms with Gasteiger partial charge in [0.1, 0.15) is 0 Å². The minimum absolute atomic E-state index is 0.505. The molecule has 2 aromatic rings. The maximum atomic E-state index is 11.9.